The smallest absolute Gasteiger partial charge is 0.419 e. The average Bonchev–Trinajstić information content (AvgIpc) is 3.27. The van der Waals surface area contributed by atoms with E-state index in [0.717, 1.165) is 32.2 Å². The lowest BCUT2D eigenvalue weighted by atomic mass is 10.1. The van der Waals surface area contributed by atoms with E-state index in [-0.39, 0.29) is 65.5 Å². The summed E-state index contributed by atoms with van der Waals surface area (Å²) in [6.45, 7) is 4.27. The van der Waals surface area contributed by atoms with Crippen LogP contribution in [0.1, 0.15) is 17.7 Å². The number of fused-ring (bicyclic) bond motifs is 1. The van der Waals surface area contributed by atoms with Crippen LogP contribution in [-0.4, -0.2) is 88.6 Å². The Hall–Kier alpha value is -3.18. The van der Waals surface area contributed by atoms with Gasteiger partial charge < -0.3 is 15.0 Å². The number of benzene rings is 1. The number of amides is 1. The fourth-order valence-electron chi connectivity index (χ4n) is 4.22. The number of aromatic nitrogens is 4. The fraction of sp³-hybridized carbons (Fsp3) is 0.458. The van der Waals surface area contributed by atoms with Crippen LogP contribution in [0.4, 0.5) is 13.2 Å². The molecule has 212 valence electrons. The second-order valence-electron chi connectivity index (χ2n) is 8.75. The summed E-state index contributed by atoms with van der Waals surface area (Å²) >= 11 is 0. The van der Waals surface area contributed by atoms with Crippen molar-refractivity contribution in [3.63, 3.8) is 0 Å². The molecule has 1 aliphatic rings. The molecule has 1 aliphatic heterocycles. The zero-order valence-corrected chi connectivity index (χ0v) is 23.0. The monoisotopic (exact) mass is 588 g/mol. The van der Waals surface area contributed by atoms with E-state index in [4.69, 9.17) is 4.74 Å². The zero-order valence-electron chi connectivity index (χ0n) is 21.4. The van der Waals surface area contributed by atoms with Gasteiger partial charge in [-0.15, -0.1) is 29.9 Å². The topological polar surface area (TPSA) is 112 Å². The quantitative estimate of drug-likeness (QED) is 0.400. The summed E-state index contributed by atoms with van der Waals surface area (Å²) in [5.41, 5.74) is 0.277. The zero-order chi connectivity index (χ0) is 26.6. The van der Waals surface area contributed by atoms with E-state index in [0.29, 0.717) is 25.0 Å². The maximum atomic E-state index is 13.9. The molecule has 0 bridgehead atoms. The number of ether oxygens (including phenoxy) is 1. The minimum Gasteiger partial charge on any atom is -0.493 e. The molecule has 4 rings (SSSR count). The number of alkyl halides is 3. The van der Waals surface area contributed by atoms with Crippen LogP contribution in [0.25, 0.3) is 22.3 Å². The summed E-state index contributed by atoms with van der Waals surface area (Å²) in [4.78, 5) is 20.0. The summed E-state index contributed by atoms with van der Waals surface area (Å²) in [6, 6.07) is 7.25. The summed E-state index contributed by atoms with van der Waals surface area (Å²) in [7, 11) is 3.24. The van der Waals surface area contributed by atoms with E-state index >= 15 is 0 Å². The van der Waals surface area contributed by atoms with Gasteiger partial charge in [0.05, 0.1) is 29.9 Å². The number of hydrogen-bond donors (Lipinski definition) is 1. The third-order valence-corrected chi connectivity index (χ3v) is 6.27. The third kappa shape index (κ3) is 7.69. The molecule has 1 saturated heterocycles. The Balaban J connectivity index is 0.00000267. The number of nitrogens with one attached hydrogen (secondary N) is 1. The highest BCUT2D eigenvalue weighted by Gasteiger charge is 2.35. The standard InChI is InChI=1S/C24H27F3N8O2.2ClH/c1-29-22(36)15-35-9-7-34(8-10-35)6-3-11-37-21-5-4-16(12-17(21)24(25,26)27)18-13-20-23(19(14-28)30-18)31-32-33(20)2;;/h4-5,12-13H,3,6-11,15H2,1-2H3,(H,29,36);2*1H. The number of carbonyl (C=O) groups is 1. The lowest BCUT2D eigenvalue weighted by molar-refractivity contribution is -0.139. The second-order valence-corrected chi connectivity index (χ2v) is 8.75. The second kappa shape index (κ2) is 13.7. The molecule has 15 heteroatoms. The SMILES string of the molecule is CNC(=O)CN1CCN(CCCOc2ccc(-c3cc4c(nnn4C)c(C#N)n3)cc2C(F)(F)F)CC1.Cl.Cl. The lowest BCUT2D eigenvalue weighted by Crippen LogP contribution is -2.49. The van der Waals surface area contributed by atoms with Crippen LogP contribution >= 0.6 is 24.8 Å². The number of rotatable bonds is 8. The molecule has 2 aromatic heterocycles. The lowest BCUT2D eigenvalue weighted by Gasteiger charge is -2.34. The van der Waals surface area contributed by atoms with Crippen LogP contribution in [0.5, 0.6) is 5.75 Å². The first-order valence-electron chi connectivity index (χ1n) is 11.8. The normalized spacial score (nSPS) is 14.3. The van der Waals surface area contributed by atoms with Crippen molar-refractivity contribution in [2.45, 2.75) is 12.6 Å². The molecule has 0 aliphatic carbocycles. The molecule has 1 aromatic carbocycles. The molecule has 3 heterocycles. The highest BCUT2D eigenvalue weighted by molar-refractivity contribution is 5.86. The van der Waals surface area contributed by atoms with Crippen LogP contribution in [0.2, 0.25) is 0 Å². The molecule has 0 spiro atoms. The van der Waals surface area contributed by atoms with Crippen molar-refractivity contribution < 1.29 is 22.7 Å². The van der Waals surface area contributed by atoms with Crippen molar-refractivity contribution in [1.82, 2.24) is 35.1 Å². The predicted molar refractivity (Wildman–Crippen MR) is 143 cm³/mol. The Morgan fingerprint density at radius 3 is 2.49 bits per heavy atom. The molecule has 0 radical (unpaired) electrons. The highest BCUT2D eigenvalue weighted by Crippen LogP contribution is 2.39. The minimum atomic E-state index is -4.64. The fourth-order valence-corrected chi connectivity index (χ4v) is 4.22. The average molecular weight is 589 g/mol. The molecular formula is C24H29Cl2F3N8O2. The molecule has 1 amide bonds. The molecule has 0 saturated carbocycles. The van der Waals surface area contributed by atoms with Crippen molar-refractivity contribution in [3.8, 4) is 23.1 Å². The summed E-state index contributed by atoms with van der Waals surface area (Å²) in [5, 5.41) is 19.8. The number of halogens is 5. The van der Waals surface area contributed by atoms with Gasteiger partial charge in [0.25, 0.3) is 0 Å². The van der Waals surface area contributed by atoms with Gasteiger partial charge in [-0.25, -0.2) is 9.67 Å². The van der Waals surface area contributed by atoms with E-state index in [1.807, 2.05) is 6.07 Å². The van der Waals surface area contributed by atoms with Crippen LogP contribution in [0.15, 0.2) is 24.3 Å². The number of pyridine rings is 1. The molecule has 0 atom stereocenters. The molecule has 1 N–H and O–H groups in total. The predicted octanol–water partition coefficient (Wildman–Crippen LogP) is 2.90. The number of carbonyl (C=O) groups excluding carboxylic acids is 1. The third-order valence-electron chi connectivity index (χ3n) is 6.27. The van der Waals surface area contributed by atoms with Gasteiger partial charge >= 0.3 is 6.18 Å². The van der Waals surface area contributed by atoms with E-state index in [1.54, 1.807) is 20.2 Å². The van der Waals surface area contributed by atoms with Gasteiger partial charge in [0.2, 0.25) is 5.91 Å². The number of aryl methyl sites for hydroxylation is 1. The van der Waals surface area contributed by atoms with Crippen LogP contribution < -0.4 is 10.1 Å². The van der Waals surface area contributed by atoms with Gasteiger partial charge in [-0.1, -0.05) is 5.21 Å². The molecule has 39 heavy (non-hydrogen) atoms. The first kappa shape index (κ1) is 32.0. The summed E-state index contributed by atoms with van der Waals surface area (Å²) < 4.78 is 48.7. The summed E-state index contributed by atoms with van der Waals surface area (Å²) in [5.74, 6) is -0.278. The Kier molecular flexibility index (Phi) is 11.3. The van der Waals surface area contributed by atoms with Gasteiger partial charge in [-0.05, 0) is 30.7 Å². The van der Waals surface area contributed by atoms with Gasteiger partial charge in [0, 0.05) is 52.4 Å². The van der Waals surface area contributed by atoms with Crippen LogP contribution in [0.3, 0.4) is 0 Å². The molecule has 3 aromatic rings. The largest absolute Gasteiger partial charge is 0.493 e. The molecule has 0 unspecified atom stereocenters. The molecular weight excluding hydrogens is 560 g/mol. The van der Waals surface area contributed by atoms with Gasteiger partial charge in [-0.3, -0.25) is 9.69 Å². The Morgan fingerprint density at radius 2 is 1.85 bits per heavy atom. The highest BCUT2D eigenvalue weighted by atomic mass is 35.5. The number of piperazine rings is 1. The van der Waals surface area contributed by atoms with E-state index in [2.05, 4.69) is 30.4 Å². The van der Waals surface area contributed by atoms with Crippen LogP contribution in [0, 0.1) is 11.3 Å². The minimum absolute atomic E-state index is 0. The van der Waals surface area contributed by atoms with E-state index < -0.39 is 11.7 Å². The van der Waals surface area contributed by atoms with Crippen molar-refractivity contribution in [2.75, 3.05) is 52.9 Å². The molecule has 10 nitrogen and oxygen atoms in total. The van der Waals surface area contributed by atoms with Crippen LogP contribution in [-0.2, 0) is 18.0 Å². The van der Waals surface area contributed by atoms with Crippen molar-refractivity contribution >= 4 is 41.8 Å². The van der Waals surface area contributed by atoms with Crippen molar-refractivity contribution in [2.24, 2.45) is 7.05 Å². The Bertz CT molecular complexity index is 1320. The number of nitrogens with zero attached hydrogens (tertiary/aromatic N) is 7. The summed E-state index contributed by atoms with van der Waals surface area (Å²) in [6.07, 6.45) is -4.07. The molecule has 1 fully saturated rings. The van der Waals surface area contributed by atoms with E-state index in [9.17, 15) is 23.2 Å². The number of nitriles is 1. The Labute approximate surface area is 235 Å². The number of hydrogen-bond acceptors (Lipinski definition) is 8. The number of likely N-dealkylation sites (N-methyl/N-ethyl adjacent to an activating group) is 1. The Morgan fingerprint density at radius 1 is 1.15 bits per heavy atom. The van der Waals surface area contributed by atoms with E-state index in [1.165, 1.54) is 16.8 Å². The maximum Gasteiger partial charge on any atom is 0.419 e. The van der Waals surface area contributed by atoms with Crippen molar-refractivity contribution in [3.05, 3.63) is 35.5 Å². The first-order valence-corrected chi connectivity index (χ1v) is 11.8. The van der Waals surface area contributed by atoms with Gasteiger partial charge in [0.15, 0.2) is 5.69 Å². The first-order chi connectivity index (χ1) is 17.7. The maximum absolute atomic E-state index is 13.9. The van der Waals surface area contributed by atoms with Crippen molar-refractivity contribution in [1.29, 1.82) is 5.26 Å². The van der Waals surface area contributed by atoms with Gasteiger partial charge in [0.1, 0.15) is 17.3 Å². The van der Waals surface area contributed by atoms with Gasteiger partial charge in [-0.2, -0.15) is 18.4 Å².